The first-order valence-electron chi connectivity index (χ1n) is 14.6. The Morgan fingerprint density at radius 3 is 1.88 bits per heavy atom. The molecule has 0 spiro atoms. The van der Waals surface area contributed by atoms with Crippen LogP contribution in [0, 0.1) is 30.9 Å². The van der Waals surface area contributed by atoms with Gasteiger partial charge in [0.25, 0.3) is 0 Å². The number of aromatic amines is 3. The maximum absolute atomic E-state index is 11.1. The number of phenols is 3. The molecule has 0 radical (unpaired) electrons. The number of hydrogen-bond donors (Lipinski definition) is 10. The Morgan fingerprint density at radius 2 is 1.27 bits per heavy atom. The molecule has 252 valence electrons. The molecule has 3 heterocycles. The van der Waals surface area contributed by atoms with Crippen LogP contribution < -0.4 is 11.5 Å². The Morgan fingerprint density at radius 1 is 0.750 bits per heavy atom. The number of fused-ring (bicyclic) bond motifs is 3. The highest BCUT2D eigenvalue weighted by Crippen LogP contribution is 2.38. The second-order valence-electron chi connectivity index (χ2n) is 11.3. The summed E-state index contributed by atoms with van der Waals surface area (Å²) in [7, 11) is 0. The Bertz CT molecular complexity index is 2150. The summed E-state index contributed by atoms with van der Waals surface area (Å²) in [6.07, 6.45) is 0.177. The minimum atomic E-state index is -1.19. The van der Waals surface area contributed by atoms with E-state index in [4.69, 9.17) is 26.8 Å². The standard InChI is InChI=1S/C12H13N3O5.C12H14N2O3.C9H9NO/c1-5-6(4-7(13)12(17)18)10-8(14-5)2-3-9(16)11(10)15(19)20;1-6-8(5-10(13)12(16)17)9-4-7(15)2-3-11(9)14-6;1-6-4-7-5-8(11)2-3-9(7)10-6/h2-3,7,14,16H,4,13H2,1H3,(H,17,18);2-4,10,14-15H,5,13H2,1H3,(H,16,17);2-5,10-11H,1H3. The van der Waals surface area contributed by atoms with Crippen molar-refractivity contribution < 1.29 is 40.0 Å². The number of carbonyl (C=O) groups is 2. The van der Waals surface area contributed by atoms with E-state index in [1.807, 2.05) is 26.0 Å². The summed E-state index contributed by atoms with van der Waals surface area (Å²) in [5.41, 5.74) is 16.8. The molecule has 0 aliphatic carbocycles. The molecule has 0 aliphatic heterocycles. The largest absolute Gasteiger partial charge is 0.508 e. The summed E-state index contributed by atoms with van der Waals surface area (Å²) in [5.74, 6) is -2.22. The van der Waals surface area contributed by atoms with Crippen molar-refractivity contribution in [2.24, 2.45) is 11.5 Å². The van der Waals surface area contributed by atoms with Crippen LogP contribution in [0.4, 0.5) is 5.69 Å². The van der Waals surface area contributed by atoms with E-state index in [9.17, 15) is 29.9 Å². The highest BCUT2D eigenvalue weighted by Gasteiger charge is 2.26. The number of hydrogen-bond acceptors (Lipinski definition) is 9. The van der Waals surface area contributed by atoms with Gasteiger partial charge in [0.05, 0.1) is 15.8 Å². The predicted octanol–water partition coefficient (Wildman–Crippen LogP) is 4.36. The van der Waals surface area contributed by atoms with Crippen LogP contribution in [0.2, 0.25) is 0 Å². The molecule has 12 N–H and O–H groups in total. The number of aliphatic carboxylic acids is 2. The number of nitro benzene ring substituents is 1. The minimum Gasteiger partial charge on any atom is -0.508 e. The predicted molar refractivity (Wildman–Crippen MR) is 179 cm³/mol. The van der Waals surface area contributed by atoms with Crippen LogP contribution in [0.25, 0.3) is 32.7 Å². The van der Waals surface area contributed by atoms with Crippen molar-refractivity contribution in [3.05, 3.63) is 92.9 Å². The molecular formula is C33H36N6O9. The van der Waals surface area contributed by atoms with E-state index in [2.05, 4.69) is 15.0 Å². The lowest BCUT2D eigenvalue weighted by molar-refractivity contribution is -0.384. The molecule has 15 heteroatoms. The molecule has 0 aliphatic rings. The topological polar surface area (TPSA) is 278 Å². The van der Waals surface area contributed by atoms with Crippen molar-refractivity contribution >= 4 is 50.3 Å². The Balaban J connectivity index is 0.000000169. The zero-order valence-corrected chi connectivity index (χ0v) is 26.2. The van der Waals surface area contributed by atoms with Gasteiger partial charge in [0.15, 0.2) is 5.75 Å². The van der Waals surface area contributed by atoms with Gasteiger partial charge in [-0.2, -0.15) is 0 Å². The Kier molecular flexibility index (Phi) is 10.3. The zero-order valence-electron chi connectivity index (χ0n) is 26.2. The lowest BCUT2D eigenvalue weighted by Crippen LogP contribution is -2.32. The lowest BCUT2D eigenvalue weighted by Gasteiger charge is -2.07. The van der Waals surface area contributed by atoms with Crippen molar-refractivity contribution in [2.45, 2.75) is 45.7 Å². The summed E-state index contributed by atoms with van der Waals surface area (Å²) in [6, 6.07) is 12.9. The van der Waals surface area contributed by atoms with Crippen molar-refractivity contribution in [3.8, 4) is 17.2 Å². The molecule has 0 fully saturated rings. The van der Waals surface area contributed by atoms with E-state index in [1.54, 1.807) is 37.3 Å². The van der Waals surface area contributed by atoms with Gasteiger partial charge in [0.2, 0.25) is 0 Å². The quantitative estimate of drug-likeness (QED) is 0.0848. The molecule has 2 unspecified atom stereocenters. The first-order valence-corrected chi connectivity index (χ1v) is 14.6. The number of aryl methyl sites for hydroxylation is 3. The Labute approximate surface area is 272 Å². The van der Waals surface area contributed by atoms with Crippen molar-refractivity contribution in [1.82, 2.24) is 15.0 Å². The maximum Gasteiger partial charge on any atom is 0.320 e. The fourth-order valence-corrected chi connectivity index (χ4v) is 5.41. The molecule has 0 saturated carbocycles. The lowest BCUT2D eigenvalue weighted by atomic mass is 10.0. The minimum absolute atomic E-state index is 0.0640. The van der Waals surface area contributed by atoms with E-state index < -0.39 is 40.4 Å². The van der Waals surface area contributed by atoms with Gasteiger partial charge < -0.3 is 52.0 Å². The summed E-state index contributed by atoms with van der Waals surface area (Å²) >= 11 is 0. The number of nitro groups is 1. The van der Waals surface area contributed by atoms with Crippen LogP contribution in [0.3, 0.4) is 0 Å². The first-order chi connectivity index (χ1) is 22.6. The van der Waals surface area contributed by atoms with Crippen LogP contribution in [-0.4, -0.2) is 69.4 Å². The zero-order chi connectivity index (χ0) is 35.4. The molecule has 3 aromatic heterocycles. The van der Waals surface area contributed by atoms with Gasteiger partial charge in [-0.05, 0) is 86.5 Å². The number of carboxylic acids is 2. The number of nitrogens with zero attached hydrogens (tertiary/aromatic N) is 1. The van der Waals surface area contributed by atoms with Crippen LogP contribution >= 0.6 is 0 Å². The van der Waals surface area contributed by atoms with Crippen molar-refractivity contribution in [3.63, 3.8) is 0 Å². The fourth-order valence-electron chi connectivity index (χ4n) is 5.41. The summed E-state index contributed by atoms with van der Waals surface area (Å²) < 4.78 is 0. The van der Waals surface area contributed by atoms with Gasteiger partial charge >= 0.3 is 17.6 Å². The maximum atomic E-state index is 11.1. The molecule has 48 heavy (non-hydrogen) atoms. The molecule has 15 nitrogen and oxygen atoms in total. The van der Waals surface area contributed by atoms with Gasteiger partial charge in [0, 0.05) is 51.7 Å². The fraction of sp³-hybridized carbons (Fsp3) is 0.212. The number of aromatic nitrogens is 3. The molecule has 6 aromatic rings. The van der Waals surface area contributed by atoms with E-state index in [0.29, 0.717) is 22.5 Å². The number of carboxylic acid groups (broad SMARTS) is 2. The third-order valence-electron chi connectivity index (χ3n) is 7.74. The summed E-state index contributed by atoms with van der Waals surface area (Å²) in [6.45, 7) is 5.53. The van der Waals surface area contributed by atoms with Crippen molar-refractivity contribution in [2.75, 3.05) is 0 Å². The van der Waals surface area contributed by atoms with E-state index in [1.165, 1.54) is 12.1 Å². The number of rotatable bonds is 7. The molecule has 6 rings (SSSR count). The number of nitrogens with one attached hydrogen (secondary N) is 3. The third-order valence-corrected chi connectivity index (χ3v) is 7.74. The normalized spacial score (nSPS) is 12.2. The Hall–Kier alpha value is -6.06. The average Bonchev–Trinajstić information content (AvgIpc) is 3.64. The number of nitrogens with two attached hydrogens (primary N) is 2. The number of aromatic hydroxyl groups is 3. The molecule has 3 aromatic carbocycles. The SMILES string of the molecule is Cc1[nH]c2ccc(O)c([N+](=O)[O-])c2c1CC(N)C(=O)O.Cc1[nH]c2ccc(O)cc2c1CC(N)C(=O)O.Cc1cc2cc(O)ccc2[nH]1. The van der Waals surface area contributed by atoms with Crippen molar-refractivity contribution in [1.29, 1.82) is 0 Å². The van der Waals surface area contributed by atoms with Gasteiger partial charge in [-0.3, -0.25) is 19.7 Å². The van der Waals surface area contributed by atoms with Gasteiger partial charge in [-0.15, -0.1) is 0 Å². The second kappa shape index (κ2) is 14.1. The van der Waals surface area contributed by atoms with E-state index in [0.717, 1.165) is 38.8 Å². The average molecular weight is 661 g/mol. The molecule has 0 bridgehead atoms. The summed E-state index contributed by atoms with van der Waals surface area (Å²) in [5, 5.41) is 59.1. The van der Waals surface area contributed by atoms with Crippen LogP contribution in [0.1, 0.15) is 28.2 Å². The summed E-state index contributed by atoms with van der Waals surface area (Å²) in [4.78, 5) is 41.2. The third kappa shape index (κ3) is 7.66. The number of H-pyrrole nitrogens is 3. The smallest absolute Gasteiger partial charge is 0.320 e. The molecular weight excluding hydrogens is 624 g/mol. The highest BCUT2D eigenvalue weighted by molar-refractivity contribution is 5.96. The van der Waals surface area contributed by atoms with Crippen LogP contribution in [-0.2, 0) is 22.4 Å². The van der Waals surface area contributed by atoms with E-state index in [-0.39, 0.29) is 24.0 Å². The first kappa shape index (κ1) is 34.8. The van der Waals surface area contributed by atoms with E-state index >= 15 is 0 Å². The highest BCUT2D eigenvalue weighted by atomic mass is 16.6. The monoisotopic (exact) mass is 660 g/mol. The molecule has 0 amide bonds. The number of benzene rings is 3. The number of phenolic OH excluding ortho intramolecular Hbond substituents is 3. The second-order valence-corrected chi connectivity index (χ2v) is 11.3. The van der Waals surface area contributed by atoms with Gasteiger partial charge in [-0.1, -0.05) is 0 Å². The molecule has 2 atom stereocenters. The van der Waals surface area contributed by atoms with Gasteiger partial charge in [-0.25, -0.2) is 0 Å². The van der Waals surface area contributed by atoms with Crippen LogP contribution in [0.15, 0.2) is 54.6 Å². The van der Waals surface area contributed by atoms with Gasteiger partial charge in [0.1, 0.15) is 23.6 Å². The van der Waals surface area contributed by atoms with Crippen LogP contribution in [0.5, 0.6) is 17.2 Å². The molecule has 0 saturated heterocycles.